The van der Waals surface area contributed by atoms with Crippen molar-refractivity contribution in [1.29, 1.82) is 0 Å². The second-order valence-corrected chi connectivity index (χ2v) is 7.71. The minimum atomic E-state index is -0.0257. The van der Waals surface area contributed by atoms with Crippen LogP contribution in [0.25, 0.3) is 21.5 Å². The lowest BCUT2D eigenvalue weighted by atomic mass is 9.84. The van der Waals surface area contributed by atoms with Gasteiger partial charge in [-0.2, -0.15) is 0 Å². The van der Waals surface area contributed by atoms with Gasteiger partial charge in [-0.25, -0.2) is 0 Å². The Bertz CT molecular complexity index is 1040. The molecule has 2 aliphatic heterocycles. The van der Waals surface area contributed by atoms with E-state index in [1.807, 2.05) is 6.07 Å². The summed E-state index contributed by atoms with van der Waals surface area (Å²) < 4.78 is 11.1. The normalized spacial score (nSPS) is 19.3. The lowest BCUT2D eigenvalue weighted by Crippen LogP contribution is -2.35. The van der Waals surface area contributed by atoms with Crippen molar-refractivity contribution >= 4 is 21.5 Å². The molecule has 3 aromatic carbocycles. The van der Waals surface area contributed by atoms with Gasteiger partial charge in [0.15, 0.2) is 0 Å². The number of nitrogens with zero attached hydrogens (tertiary/aromatic N) is 1. The standard InChI is InChI=1S/C23H25NO3/c1-26-16-5-6-17-18-8-14(13-25)23(27-2)11-21(18)22-12-24-7-3-4-15(24)9-19(22)20(17)10-16/h5-6,8,10-11,15,25H,3-4,7,9,12-13H2,1-2H3. The van der Waals surface area contributed by atoms with Gasteiger partial charge in [-0.3, -0.25) is 4.90 Å². The van der Waals surface area contributed by atoms with Crippen molar-refractivity contribution in [3.63, 3.8) is 0 Å². The fraction of sp³-hybridized carbons (Fsp3) is 0.391. The summed E-state index contributed by atoms with van der Waals surface area (Å²) in [5.74, 6) is 1.66. The van der Waals surface area contributed by atoms with Crippen molar-refractivity contribution < 1.29 is 14.6 Å². The van der Waals surface area contributed by atoms with E-state index in [0.717, 1.165) is 30.0 Å². The number of hydrogen-bond acceptors (Lipinski definition) is 4. The Morgan fingerprint density at radius 3 is 2.63 bits per heavy atom. The van der Waals surface area contributed by atoms with Gasteiger partial charge < -0.3 is 14.6 Å². The van der Waals surface area contributed by atoms with Gasteiger partial charge >= 0.3 is 0 Å². The Morgan fingerprint density at radius 1 is 1.00 bits per heavy atom. The number of rotatable bonds is 3. The highest BCUT2D eigenvalue weighted by Crippen LogP contribution is 2.42. The van der Waals surface area contributed by atoms with Crippen molar-refractivity contribution in [2.45, 2.75) is 38.5 Å². The zero-order valence-electron chi connectivity index (χ0n) is 15.9. The van der Waals surface area contributed by atoms with Crippen LogP contribution >= 0.6 is 0 Å². The van der Waals surface area contributed by atoms with E-state index in [1.165, 1.54) is 52.1 Å². The third-order valence-corrected chi connectivity index (χ3v) is 6.42. The van der Waals surface area contributed by atoms with Crippen LogP contribution in [0.2, 0.25) is 0 Å². The maximum Gasteiger partial charge on any atom is 0.125 e. The highest BCUT2D eigenvalue weighted by Gasteiger charge is 2.32. The SMILES string of the molecule is COc1ccc2c(c1)c1c(c3cc(OC)c(CO)cc32)CN2CCCC2C1. The van der Waals surface area contributed by atoms with E-state index < -0.39 is 0 Å². The molecule has 4 heteroatoms. The van der Waals surface area contributed by atoms with Crippen molar-refractivity contribution in [3.05, 3.63) is 47.0 Å². The molecule has 1 unspecified atom stereocenters. The first kappa shape index (κ1) is 16.8. The van der Waals surface area contributed by atoms with E-state index in [4.69, 9.17) is 9.47 Å². The van der Waals surface area contributed by atoms with Crippen LogP contribution in [0.1, 0.15) is 29.5 Å². The predicted molar refractivity (Wildman–Crippen MR) is 108 cm³/mol. The fourth-order valence-corrected chi connectivity index (χ4v) is 5.06. The average Bonchev–Trinajstić information content (AvgIpc) is 3.18. The monoisotopic (exact) mass is 363 g/mol. The van der Waals surface area contributed by atoms with Gasteiger partial charge in [0, 0.05) is 18.2 Å². The van der Waals surface area contributed by atoms with Crippen LogP contribution in [0, 0.1) is 0 Å². The molecule has 1 fully saturated rings. The third-order valence-electron chi connectivity index (χ3n) is 6.42. The molecule has 140 valence electrons. The zero-order valence-corrected chi connectivity index (χ0v) is 15.9. The molecule has 1 saturated heterocycles. The lowest BCUT2D eigenvalue weighted by molar-refractivity contribution is 0.229. The quantitative estimate of drug-likeness (QED) is 0.714. The van der Waals surface area contributed by atoms with Gasteiger partial charge in [0.25, 0.3) is 0 Å². The van der Waals surface area contributed by atoms with Crippen molar-refractivity contribution in [3.8, 4) is 11.5 Å². The lowest BCUT2D eigenvalue weighted by Gasteiger charge is -2.33. The minimum absolute atomic E-state index is 0.0257. The Balaban J connectivity index is 1.88. The van der Waals surface area contributed by atoms with E-state index in [9.17, 15) is 5.11 Å². The van der Waals surface area contributed by atoms with E-state index in [0.29, 0.717) is 6.04 Å². The molecule has 4 nitrogen and oxygen atoms in total. The Labute approximate surface area is 159 Å². The molecule has 27 heavy (non-hydrogen) atoms. The van der Waals surface area contributed by atoms with E-state index in [2.05, 4.69) is 29.2 Å². The van der Waals surface area contributed by atoms with Gasteiger partial charge in [0.05, 0.1) is 20.8 Å². The Hall–Kier alpha value is -2.30. The van der Waals surface area contributed by atoms with Crippen LogP contribution in [0.3, 0.4) is 0 Å². The van der Waals surface area contributed by atoms with Gasteiger partial charge in [-0.1, -0.05) is 6.07 Å². The maximum absolute atomic E-state index is 9.82. The molecule has 3 aromatic rings. The molecule has 5 rings (SSSR count). The Morgan fingerprint density at radius 2 is 1.85 bits per heavy atom. The highest BCUT2D eigenvalue weighted by atomic mass is 16.5. The number of fused-ring (bicyclic) bond motifs is 7. The second kappa shape index (κ2) is 6.39. The summed E-state index contributed by atoms with van der Waals surface area (Å²) >= 11 is 0. The molecule has 0 bridgehead atoms. The first-order valence-corrected chi connectivity index (χ1v) is 9.70. The third kappa shape index (κ3) is 2.51. The summed E-state index contributed by atoms with van der Waals surface area (Å²) in [4.78, 5) is 2.63. The van der Waals surface area contributed by atoms with Gasteiger partial charge in [0.2, 0.25) is 0 Å². The number of aliphatic hydroxyl groups is 1. The van der Waals surface area contributed by atoms with E-state index >= 15 is 0 Å². The number of benzene rings is 3. The van der Waals surface area contributed by atoms with Gasteiger partial charge in [-0.05, 0) is 82.7 Å². The van der Waals surface area contributed by atoms with Crippen LogP contribution in [0.5, 0.6) is 11.5 Å². The van der Waals surface area contributed by atoms with Crippen LogP contribution in [-0.2, 0) is 19.6 Å². The molecule has 1 atom stereocenters. The summed E-state index contributed by atoms with van der Waals surface area (Å²) in [5.41, 5.74) is 3.70. The van der Waals surface area contributed by atoms with Gasteiger partial charge in [-0.15, -0.1) is 0 Å². The molecule has 2 heterocycles. The van der Waals surface area contributed by atoms with E-state index in [1.54, 1.807) is 14.2 Å². The number of aliphatic hydroxyl groups excluding tert-OH is 1. The summed E-state index contributed by atoms with van der Waals surface area (Å²) in [6, 6.07) is 11.2. The van der Waals surface area contributed by atoms with Crippen LogP contribution < -0.4 is 9.47 Å². The molecular weight excluding hydrogens is 338 g/mol. The fourth-order valence-electron chi connectivity index (χ4n) is 5.06. The first-order valence-electron chi connectivity index (χ1n) is 9.70. The second-order valence-electron chi connectivity index (χ2n) is 7.71. The van der Waals surface area contributed by atoms with Crippen molar-refractivity contribution in [1.82, 2.24) is 4.90 Å². The smallest absolute Gasteiger partial charge is 0.125 e. The summed E-state index contributed by atoms with van der Waals surface area (Å²) in [5, 5.41) is 14.8. The Kier molecular flexibility index (Phi) is 3.99. The molecule has 2 aliphatic rings. The predicted octanol–water partition coefficient (Wildman–Crippen LogP) is 4.02. The summed E-state index contributed by atoms with van der Waals surface area (Å²) in [7, 11) is 3.40. The van der Waals surface area contributed by atoms with Crippen molar-refractivity contribution in [2.24, 2.45) is 0 Å². The maximum atomic E-state index is 9.82. The molecule has 0 radical (unpaired) electrons. The van der Waals surface area contributed by atoms with E-state index in [-0.39, 0.29) is 6.61 Å². The summed E-state index contributed by atoms with van der Waals surface area (Å²) in [6.45, 7) is 2.15. The molecule has 0 saturated carbocycles. The molecule has 0 aliphatic carbocycles. The summed E-state index contributed by atoms with van der Waals surface area (Å²) in [6.07, 6.45) is 3.67. The molecule has 0 amide bonds. The topological polar surface area (TPSA) is 41.9 Å². The molecule has 1 N–H and O–H groups in total. The molecule has 0 spiro atoms. The van der Waals surface area contributed by atoms with Crippen molar-refractivity contribution in [2.75, 3.05) is 20.8 Å². The van der Waals surface area contributed by atoms with Crippen LogP contribution in [0.4, 0.5) is 0 Å². The zero-order chi connectivity index (χ0) is 18.5. The largest absolute Gasteiger partial charge is 0.497 e. The van der Waals surface area contributed by atoms with Gasteiger partial charge in [0.1, 0.15) is 11.5 Å². The highest BCUT2D eigenvalue weighted by molar-refractivity contribution is 6.12. The van der Waals surface area contributed by atoms with Crippen LogP contribution in [-0.4, -0.2) is 36.8 Å². The number of methoxy groups -OCH3 is 2. The van der Waals surface area contributed by atoms with Crippen LogP contribution in [0.15, 0.2) is 30.3 Å². The molecule has 0 aromatic heterocycles. The first-order chi connectivity index (χ1) is 13.2. The number of hydrogen-bond donors (Lipinski definition) is 1. The average molecular weight is 363 g/mol. The molecular formula is C23H25NO3. The number of ether oxygens (including phenoxy) is 2. The minimum Gasteiger partial charge on any atom is -0.497 e.